The number of amides is 2. The summed E-state index contributed by atoms with van der Waals surface area (Å²) in [6.07, 6.45) is 12.4. The second-order valence-electron chi connectivity index (χ2n) is 17.7. The summed E-state index contributed by atoms with van der Waals surface area (Å²) in [5, 5.41) is 6.47. The van der Waals surface area contributed by atoms with Gasteiger partial charge in [0.05, 0.1) is 12.1 Å². The van der Waals surface area contributed by atoms with Crippen LogP contribution in [-0.4, -0.2) is 40.7 Å². The lowest BCUT2D eigenvalue weighted by molar-refractivity contribution is -0.134. The van der Waals surface area contributed by atoms with Crippen molar-refractivity contribution in [2.45, 2.75) is 190 Å². The fourth-order valence-electron chi connectivity index (χ4n) is 8.63. The number of fused-ring (bicyclic) bond motifs is 2. The summed E-state index contributed by atoms with van der Waals surface area (Å²) in [7, 11) is 0. The summed E-state index contributed by atoms with van der Waals surface area (Å²) < 4.78 is 12.9. The Bertz CT molecular complexity index is 1270. The first-order chi connectivity index (χ1) is 22.9. The SMILES string of the molecule is CC.Cc1c(C)c2c(c(C)c1OC(=O)CCCCC1SCC3NC(=O)N[C@@H]31)CCC(C)(CCC(C)(C)CC(C)CCC(C)(C)CC(C)C)O2. The summed E-state index contributed by atoms with van der Waals surface area (Å²) >= 11 is 1.92. The number of unbranched alkanes of at least 4 members (excludes halogenated alkanes) is 1. The molecule has 3 aliphatic heterocycles. The largest absolute Gasteiger partial charge is 0.487 e. The highest BCUT2D eigenvalue weighted by Crippen LogP contribution is 2.46. The first-order valence-electron chi connectivity index (χ1n) is 19.6. The van der Waals surface area contributed by atoms with Gasteiger partial charge in [-0.2, -0.15) is 11.8 Å². The molecule has 4 rings (SSSR count). The predicted octanol–water partition coefficient (Wildman–Crippen LogP) is 11.0. The Morgan fingerprint density at radius 2 is 1.65 bits per heavy atom. The van der Waals surface area contributed by atoms with Crippen molar-refractivity contribution in [3.8, 4) is 11.5 Å². The zero-order valence-electron chi connectivity index (χ0n) is 33.6. The molecule has 2 saturated heterocycles. The molecule has 6 nitrogen and oxygen atoms in total. The zero-order valence-corrected chi connectivity index (χ0v) is 34.4. The normalized spacial score (nSPS) is 23.9. The van der Waals surface area contributed by atoms with Gasteiger partial charge in [0.1, 0.15) is 17.1 Å². The van der Waals surface area contributed by atoms with Crippen molar-refractivity contribution in [1.29, 1.82) is 0 Å². The van der Waals surface area contributed by atoms with E-state index in [1.54, 1.807) is 0 Å². The van der Waals surface area contributed by atoms with Crippen LogP contribution in [0.2, 0.25) is 0 Å². The van der Waals surface area contributed by atoms with Gasteiger partial charge in [0.15, 0.2) is 0 Å². The van der Waals surface area contributed by atoms with E-state index in [-0.39, 0.29) is 35.1 Å². The number of urea groups is 1. The van der Waals surface area contributed by atoms with Crippen LogP contribution in [0.25, 0.3) is 0 Å². The van der Waals surface area contributed by atoms with Crippen molar-refractivity contribution < 1.29 is 19.1 Å². The topological polar surface area (TPSA) is 76.7 Å². The molecule has 2 amide bonds. The Labute approximate surface area is 304 Å². The number of ether oxygens (including phenoxy) is 2. The molecule has 3 aliphatic rings. The molecule has 0 aromatic heterocycles. The van der Waals surface area contributed by atoms with Crippen LogP contribution in [-0.2, 0) is 11.2 Å². The summed E-state index contributed by atoms with van der Waals surface area (Å²) in [6, 6.07) is 0.404. The molecule has 0 radical (unpaired) electrons. The standard InChI is InChI=1S/C40H66N2O4S.C2H6/c1-25(2)22-38(7,8)18-16-26(3)23-39(9,10)20-21-40(11)19-17-30-29(6)35(27(4)28(5)36(30)46-40)45-33(43)15-13-12-14-32-34-31(24-47-32)41-37(44)42-34;1-2/h25-26,31-32,34H,12-24H2,1-11H3,(H2,41,42,44);1-2H3/t26?,31?,32?,34-,40?;/m0./s1. The van der Waals surface area contributed by atoms with Crippen molar-refractivity contribution in [2.24, 2.45) is 22.7 Å². The van der Waals surface area contributed by atoms with Gasteiger partial charge in [-0.3, -0.25) is 4.79 Å². The number of carbonyl (C=O) groups excluding carboxylic acids is 2. The molecule has 1 aromatic rings. The number of benzene rings is 1. The fraction of sp³-hybridized carbons (Fsp3) is 0.810. The minimum atomic E-state index is -0.191. The predicted molar refractivity (Wildman–Crippen MR) is 208 cm³/mol. The fourth-order valence-corrected chi connectivity index (χ4v) is 10.2. The molecule has 49 heavy (non-hydrogen) atoms. The van der Waals surface area contributed by atoms with E-state index in [4.69, 9.17) is 9.47 Å². The number of esters is 1. The second kappa shape index (κ2) is 17.6. The van der Waals surface area contributed by atoms with E-state index < -0.39 is 0 Å². The van der Waals surface area contributed by atoms with Crippen LogP contribution < -0.4 is 20.1 Å². The Morgan fingerprint density at radius 3 is 2.33 bits per heavy atom. The minimum absolute atomic E-state index is 0.0495. The van der Waals surface area contributed by atoms with Crippen LogP contribution in [0.3, 0.4) is 0 Å². The van der Waals surface area contributed by atoms with E-state index in [1.807, 2.05) is 25.6 Å². The molecule has 3 heterocycles. The third kappa shape index (κ3) is 11.6. The zero-order chi connectivity index (χ0) is 36.7. The highest BCUT2D eigenvalue weighted by Gasteiger charge is 2.42. The average Bonchev–Trinajstić information content (AvgIpc) is 3.58. The van der Waals surface area contributed by atoms with Crippen molar-refractivity contribution in [3.05, 3.63) is 22.3 Å². The molecule has 5 atom stereocenters. The lowest BCUT2D eigenvalue weighted by Crippen LogP contribution is -2.38. The number of carbonyl (C=O) groups is 2. The van der Waals surface area contributed by atoms with Crippen LogP contribution in [0.4, 0.5) is 4.79 Å². The van der Waals surface area contributed by atoms with E-state index in [0.717, 1.165) is 90.7 Å². The molecule has 7 heteroatoms. The van der Waals surface area contributed by atoms with E-state index in [1.165, 1.54) is 31.2 Å². The van der Waals surface area contributed by atoms with Crippen molar-refractivity contribution in [2.75, 3.05) is 5.75 Å². The van der Waals surface area contributed by atoms with Crippen molar-refractivity contribution >= 4 is 23.8 Å². The van der Waals surface area contributed by atoms with E-state index in [9.17, 15) is 9.59 Å². The third-order valence-corrected chi connectivity index (χ3v) is 12.9. The van der Waals surface area contributed by atoms with Gasteiger partial charge in [-0.15, -0.1) is 0 Å². The van der Waals surface area contributed by atoms with Gasteiger partial charge in [-0.1, -0.05) is 75.2 Å². The first kappa shape index (κ1) is 41.5. The minimum Gasteiger partial charge on any atom is -0.487 e. The molecular weight excluding hydrogens is 629 g/mol. The van der Waals surface area contributed by atoms with Crippen LogP contribution >= 0.6 is 11.8 Å². The molecule has 280 valence electrons. The second-order valence-corrected chi connectivity index (χ2v) is 19.0. The Hall–Kier alpha value is -1.89. The highest BCUT2D eigenvalue weighted by atomic mass is 32.2. The molecule has 1 aromatic carbocycles. The van der Waals surface area contributed by atoms with E-state index >= 15 is 0 Å². The van der Waals surface area contributed by atoms with Crippen LogP contribution in [0.5, 0.6) is 11.5 Å². The monoisotopic (exact) mass is 701 g/mol. The third-order valence-electron chi connectivity index (χ3n) is 11.3. The van der Waals surface area contributed by atoms with Gasteiger partial charge in [-0.25, -0.2) is 4.79 Å². The molecule has 2 N–H and O–H groups in total. The van der Waals surface area contributed by atoms with Crippen LogP contribution in [0, 0.1) is 43.4 Å². The maximum atomic E-state index is 13.0. The Morgan fingerprint density at radius 1 is 0.980 bits per heavy atom. The van der Waals surface area contributed by atoms with Gasteiger partial charge in [0.2, 0.25) is 0 Å². The first-order valence-corrected chi connectivity index (χ1v) is 20.6. The maximum absolute atomic E-state index is 13.0. The summed E-state index contributed by atoms with van der Waals surface area (Å²) in [5.74, 6) is 4.00. The molecule has 0 saturated carbocycles. The van der Waals surface area contributed by atoms with Crippen LogP contribution in [0.1, 0.15) is 162 Å². The molecule has 0 aliphatic carbocycles. The number of hydrogen-bond donors (Lipinski definition) is 2. The average molecular weight is 701 g/mol. The Kier molecular flexibility index (Phi) is 14.9. The smallest absolute Gasteiger partial charge is 0.315 e. The summed E-state index contributed by atoms with van der Waals surface area (Å²) in [4.78, 5) is 24.6. The molecule has 0 bridgehead atoms. The number of nitrogens with one attached hydrogen (secondary N) is 2. The molecule has 0 spiro atoms. The highest BCUT2D eigenvalue weighted by molar-refractivity contribution is 8.00. The van der Waals surface area contributed by atoms with E-state index in [0.29, 0.717) is 17.1 Å². The summed E-state index contributed by atoms with van der Waals surface area (Å²) in [5.41, 5.74) is 4.85. The van der Waals surface area contributed by atoms with Crippen molar-refractivity contribution in [3.63, 3.8) is 0 Å². The van der Waals surface area contributed by atoms with Gasteiger partial charge in [0.25, 0.3) is 0 Å². The van der Waals surface area contributed by atoms with Gasteiger partial charge < -0.3 is 20.1 Å². The number of rotatable bonds is 16. The van der Waals surface area contributed by atoms with E-state index in [2.05, 4.69) is 86.8 Å². The lowest BCUT2D eigenvalue weighted by atomic mass is 9.73. The van der Waals surface area contributed by atoms with Gasteiger partial charge in [0, 0.05) is 23.0 Å². The van der Waals surface area contributed by atoms with Gasteiger partial charge in [-0.05, 0) is 125 Å². The summed E-state index contributed by atoms with van der Waals surface area (Å²) in [6.45, 7) is 29.4. The van der Waals surface area contributed by atoms with Gasteiger partial charge >= 0.3 is 12.0 Å². The molecule has 2 fully saturated rings. The number of thioether (sulfide) groups is 1. The lowest BCUT2D eigenvalue weighted by Gasteiger charge is -2.40. The quantitative estimate of drug-likeness (QED) is 0.0777. The number of hydrogen-bond acceptors (Lipinski definition) is 5. The maximum Gasteiger partial charge on any atom is 0.315 e. The molecular formula is C42H72N2O4S. The molecule has 4 unspecified atom stereocenters. The van der Waals surface area contributed by atoms with Crippen molar-refractivity contribution in [1.82, 2.24) is 10.6 Å². The van der Waals surface area contributed by atoms with Crippen LogP contribution in [0.15, 0.2) is 0 Å². The Balaban J connectivity index is 0.00000319.